The number of nitrogens with zero attached hydrogens (tertiary/aromatic N) is 1. The number of aromatic nitrogens is 1. The van der Waals surface area contributed by atoms with Crippen LogP contribution in [0.5, 0.6) is 5.75 Å². The van der Waals surface area contributed by atoms with Gasteiger partial charge in [-0.15, -0.1) is 11.3 Å². The minimum Gasteiger partial charge on any atom is -0.496 e. The highest BCUT2D eigenvalue weighted by atomic mass is 32.2. The Morgan fingerprint density at radius 2 is 1.89 bits per heavy atom. The summed E-state index contributed by atoms with van der Waals surface area (Å²) in [6.07, 6.45) is 4.54. The molecule has 0 aliphatic rings. The maximum Gasteiger partial charge on any atom is 0.263 e. The van der Waals surface area contributed by atoms with Crippen molar-refractivity contribution in [3.8, 4) is 5.75 Å². The van der Waals surface area contributed by atoms with Gasteiger partial charge in [0.25, 0.3) is 10.0 Å². The molecule has 1 heterocycles. The molecule has 3 aromatic rings. The number of rotatable bonds is 7. The fraction of sp³-hybridized carbons (Fsp3) is 0.0526. The quantitative estimate of drug-likeness (QED) is 0.575. The Morgan fingerprint density at radius 1 is 1.14 bits per heavy atom. The van der Waals surface area contributed by atoms with E-state index in [1.54, 1.807) is 24.6 Å². The second kappa shape index (κ2) is 8.68. The fourth-order valence-corrected chi connectivity index (χ4v) is 4.11. The molecule has 1 amide bonds. The van der Waals surface area contributed by atoms with E-state index in [9.17, 15) is 13.2 Å². The number of thiazole rings is 1. The molecule has 0 spiro atoms. The predicted molar refractivity (Wildman–Crippen MR) is 110 cm³/mol. The number of carbonyl (C=O) groups excluding carboxylic acids is 1. The number of anilines is 2. The van der Waals surface area contributed by atoms with Crippen LogP contribution < -0.4 is 14.8 Å². The summed E-state index contributed by atoms with van der Waals surface area (Å²) in [5, 5.41) is 4.65. The highest BCUT2D eigenvalue weighted by Gasteiger charge is 2.15. The number of ether oxygens (including phenoxy) is 1. The third-order valence-electron chi connectivity index (χ3n) is 3.64. The highest BCUT2D eigenvalue weighted by Crippen LogP contribution is 2.20. The van der Waals surface area contributed by atoms with Crippen LogP contribution >= 0.6 is 11.3 Å². The number of methoxy groups -OCH3 is 1. The summed E-state index contributed by atoms with van der Waals surface area (Å²) in [6, 6.07) is 13.2. The molecule has 0 aliphatic heterocycles. The zero-order chi connectivity index (χ0) is 20.0. The van der Waals surface area contributed by atoms with Crippen LogP contribution in [0.1, 0.15) is 5.56 Å². The molecule has 0 radical (unpaired) electrons. The number of benzene rings is 2. The Labute approximate surface area is 166 Å². The number of sulfonamides is 1. The van der Waals surface area contributed by atoms with Crippen molar-refractivity contribution in [1.29, 1.82) is 0 Å². The predicted octanol–water partition coefficient (Wildman–Crippen LogP) is 3.60. The molecule has 0 atom stereocenters. The molecular formula is C19H17N3O4S2. The van der Waals surface area contributed by atoms with Crippen molar-refractivity contribution in [2.75, 3.05) is 17.1 Å². The molecule has 0 saturated heterocycles. The molecule has 7 nitrogen and oxygen atoms in total. The number of carbonyl (C=O) groups is 1. The van der Waals surface area contributed by atoms with Gasteiger partial charge in [-0.1, -0.05) is 18.2 Å². The molecule has 0 fully saturated rings. The molecule has 0 bridgehead atoms. The fourth-order valence-electron chi connectivity index (χ4n) is 2.32. The van der Waals surface area contributed by atoms with E-state index in [1.165, 1.54) is 47.9 Å². The van der Waals surface area contributed by atoms with Crippen LogP contribution in [0.2, 0.25) is 0 Å². The van der Waals surface area contributed by atoms with Crippen molar-refractivity contribution >= 4 is 44.2 Å². The van der Waals surface area contributed by atoms with E-state index in [0.29, 0.717) is 16.6 Å². The monoisotopic (exact) mass is 415 g/mol. The smallest absolute Gasteiger partial charge is 0.263 e. The molecule has 144 valence electrons. The van der Waals surface area contributed by atoms with Gasteiger partial charge in [0, 0.05) is 28.9 Å². The summed E-state index contributed by atoms with van der Waals surface area (Å²) in [5.41, 5.74) is 1.25. The van der Waals surface area contributed by atoms with Gasteiger partial charge < -0.3 is 10.1 Å². The summed E-state index contributed by atoms with van der Waals surface area (Å²) in [6.45, 7) is 0. The van der Waals surface area contributed by atoms with Crippen LogP contribution in [-0.4, -0.2) is 26.4 Å². The van der Waals surface area contributed by atoms with Gasteiger partial charge in [0.1, 0.15) is 5.75 Å². The number of amides is 1. The summed E-state index contributed by atoms with van der Waals surface area (Å²) >= 11 is 1.19. The van der Waals surface area contributed by atoms with Gasteiger partial charge in [-0.2, -0.15) is 0 Å². The third-order valence-corrected chi connectivity index (χ3v) is 5.81. The molecule has 2 N–H and O–H groups in total. The molecule has 28 heavy (non-hydrogen) atoms. The minimum atomic E-state index is -3.73. The second-order valence-corrected chi connectivity index (χ2v) is 8.11. The standard InChI is InChI=1S/C19H17N3O4S2/c1-26-17-5-3-2-4-14(17)6-11-18(23)21-15-7-9-16(10-8-15)28(24,25)22-19-20-12-13-27-19/h2-13H,1H3,(H,20,22)(H,21,23). The average Bonchev–Trinajstić information content (AvgIpc) is 3.19. The Kier molecular flexibility index (Phi) is 6.07. The van der Waals surface area contributed by atoms with Gasteiger partial charge >= 0.3 is 0 Å². The molecule has 3 rings (SSSR count). The van der Waals surface area contributed by atoms with Crippen molar-refractivity contribution in [3.63, 3.8) is 0 Å². The van der Waals surface area contributed by atoms with Crippen LogP contribution in [0.25, 0.3) is 6.08 Å². The largest absolute Gasteiger partial charge is 0.496 e. The zero-order valence-corrected chi connectivity index (χ0v) is 16.5. The van der Waals surface area contributed by atoms with Crippen LogP contribution in [0.3, 0.4) is 0 Å². The lowest BCUT2D eigenvalue weighted by molar-refractivity contribution is -0.111. The van der Waals surface area contributed by atoms with E-state index in [0.717, 1.165) is 5.56 Å². The Morgan fingerprint density at radius 3 is 2.57 bits per heavy atom. The highest BCUT2D eigenvalue weighted by molar-refractivity contribution is 7.93. The minimum absolute atomic E-state index is 0.0743. The number of para-hydroxylation sites is 1. The van der Waals surface area contributed by atoms with Crippen molar-refractivity contribution in [1.82, 2.24) is 4.98 Å². The summed E-state index contributed by atoms with van der Waals surface area (Å²) in [7, 11) is -2.16. The van der Waals surface area contributed by atoms with Gasteiger partial charge in [-0.3, -0.25) is 9.52 Å². The summed E-state index contributed by atoms with van der Waals surface area (Å²) in [4.78, 5) is 16.1. The van der Waals surface area contributed by atoms with Gasteiger partial charge in [0.15, 0.2) is 5.13 Å². The Hall–Kier alpha value is -3.17. The lowest BCUT2D eigenvalue weighted by atomic mass is 10.2. The van der Waals surface area contributed by atoms with Crippen molar-refractivity contribution in [2.45, 2.75) is 4.90 Å². The Bertz CT molecular complexity index is 1080. The molecule has 0 unspecified atom stereocenters. The Balaban J connectivity index is 1.65. The first-order chi connectivity index (χ1) is 13.5. The van der Waals surface area contributed by atoms with Crippen molar-refractivity contribution < 1.29 is 17.9 Å². The van der Waals surface area contributed by atoms with E-state index in [1.807, 2.05) is 18.2 Å². The summed E-state index contributed by atoms with van der Waals surface area (Å²) < 4.78 is 32.2. The molecule has 1 aromatic heterocycles. The van der Waals surface area contributed by atoms with E-state index >= 15 is 0 Å². The molecule has 0 aliphatic carbocycles. The van der Waals surface area contributed by atoms with Crippen molar-refractivity contribution in [3.05, 3.63) is 71.7 Å². The summed E-state index contributed by atoms with van der Waals surface area (Å²) in [5.74, 6) is 0.316. The van der Waals surface area contributed by atoms with Crippen molar-refractivity contribution in [2.24, 2.45) is 0 Å². The topological polar surface area (TPSA) is 97.4 Å². The van der Waals surface area contributed by atoms with E-state index in [2.05, 4.69) is 15.0 Å². The maximum atomic E-state index is 12.3. The third kappa shape index (κ3) is 4.96. The van der Waals surface area contributed by atoms with Gasteiger partial charge in [0.2, 0.25) is 5.91 Å². The lowest BCUT2D eigenvalue weighted by Crippen LogP contribution is -2.13. The maximum absolute atomic E-state index is 12.3. The molecule has 2 aromatic carbocycles. The number of nitrogens with one attached hydrogen (secondary N) is 2. The zero-order valence-electron chi connectivity index (χ0n) is 14.8. The first kappa shape index (κ1) is 19.6. The van der Waals surface area contributed by atoms with E-state index < -0.39 is 10.0 Å². The normalized spacial score (nSPS) is 11.3. The SMILES string of the molecule is COc1ccccc1C=CC(=O)Nc1ccc(S(=O)(=O)Nc2nccs2)cc1. The number of hydrogen-bond acceptors (Lipinski definition) is 6. The average molecular weight is 415 g/mol. The van der Waals surface area contributed by atoms with Gasteiger partial charge in [-0.25, -0.2) is 13.4 Å². The molecule has 0 saturated carbocycles. The number of hydrogen-bond donors (Lipinski definition) is 2. The van der Waals surface area contributed by atoms with Gasteiger partial charge in [-0.05, 0) is 36.4 Å². The van der Waals surface area contributed by atoms with Gasteiger partial charge in [0.05, 0.1) is 12.0 Å². The van der Waals surface area contributed by atoms with Crippen LogP contribution in [-0.2, 0) is 14.8 Å². The van der Waals surface area contributed by atoms with E-state index in [-0.39, 0.29) is 10.8 Å². The molecular weight excluding hydrogens is 398 g/mol. The van der Waals surface area contributed by atoms with Crippen LogP contribution in [0, 0.1) is 0 Å². The first-order valence-electron chi connectivity index (χ1n) is 8.12. The van der Waals surface area contributed by atoms with E-state index in [4.69, 9.17) is 4.74 Å². The first-order valence-corrected chi connectivity index (χ1v) is 10.5. The van der Waals surface area contributed by atoms with Crippen LogP contribution in [0.15, 0.2) is 71.1 Å². The molecule has 9 heteroatoms. The van der Waals surface area contributed by atoms with Crippen LogP contribution in [0.4, 0.5) is 10.8 Å². The second-order valence-electron chi connectivity index (χ2n) is 5.53. The lowest BCUT2D eigenvalue weighted by Gasteiger charge is -2.07.